The van der Waals surface area contributed by atoms with Crippen LogP contribution in [0, 0.1) is 71.0 Å². The Hall–Kier alpha value is -2.00. The normalized spacial score (nSPS) is 45.8. The van der Waals surface area contributed by atoms with Crippen LogP contribution < -0.4 is 0 Å². The molecule has 0 aromatic rings. The van der Waals surface area contributed by atoms with Gasteiger partial charge in [0, 0.05) is 35.5 Å². The third-order valence-corrected chi connectivity index (χ3v) is 18.1. The summed E-state index contributed by atoms with van der Waals surface area (Å²) in [5, 5.41) is 38.0. The lowest BCUT2D eigenvalue weighted by molar-refractivity contribution is -0.473. The van der Waals surface area contributed by atoms with Crippen LogP contribution >= 0.6 is 0 Å². The molecule has 32 heteroatoms. The van der Waals surface area contributed by atoms with Crippen molar-refractivity contribution in [1.29, 1.82) is 0 Å². The smallest absolute Gasteiger partial charge is 0.393 e. The van der Waals surface area contributed by atoms with Crippen LogP contribution in [0.5, 0.6) is 0 Å². The Morgan fingerprint density at radius 2 is 0.444 bits per heavy atom. The number of ether oxygens (including phenoxy) is 4. The van der Waals surface area contributed by atoms with Crippen LogP contribution in [-0.2, 0) is 18.9 Å². The van der Waals surface area contributed by atoms with Gasteiger partial charge in [-0.05, 0) is 86.9 Å². The van der Waals surface area contributed by atoms with Crippen molar-refractivity contribution in [2.24, 2.45) is 71.0 Å². The predicted molar refractivity (Wildman–Crippen MR) is 182 cm³/mol. The van der Waals surface area contributed by atoms with Crippen molar-refractivity contribution in [2.75, 3.05) is 0 Å². The van der Waals surface area contributed by atoms with E-state index in [0.29, 0.717) is 0 Å². The Balaban J connectivity index is 0.000000119. The first-order valence-corrected chi connectivity index (χ1v) is 22.3. The highest BCUT2D eigenvalue weighted by Crippen LogP contribution is 2.73. The minimum Gasteiger partial charge on any atom is -0.393 e. The molecular formula is C40H40F24O8. The quantitative estimate of drug-likeness (QED) is 0.178. The SMILES string of the molecule is OC1C[C@@H]2C[C@H]1C1C2OC1(C(F)(F)F)C(F)(F)F.OC1C[C@@H]2C[C@H]1C1OC(C(F)(F)F)(C(F)(F)F)C12.OC1C[C@H]2C[C@@H]1C1C2OC1(C(F)(F)F)C(F)(F)F.OC1C[C@H]2C[C@@H]1C1OC(C(F)(F)F)(C(F)(F)F)C12. The van der Waals surface area contributed by atoms with E-state index in [9.17, 15) is 126 Å². The van der Waals surface area contributed by atoms with E-state index in [-0.39, 0.29) is 63.2 Å². The van der Waals surface area contributed by atoms with E-state index >= 15 is 0 Å². The topological polar surface area (TPSA) is 118 Å². The number of rotatable bonds is 0. The van der Waals surface area contributed by atoms with Gasteiger partial charge in [0.25, 0.3) is 22.4 Å². The molecule has 8 aliphatic carbocycles. The lowest BCUT2D eigenvalue weighted by atomic mass is 9.67. The first-order chi connectivity index (χ1) is 32.4. The summed E-state index contributed by atoms with van der Waals surface area (Å²) in [6, 6.07) is 0. The van der Waals surface area contributed by atoms with Crippen molar-refractivity contribution >= 4 is 0 Å². The first-order valence-electron chi connectivity index (χ1n) is 22.3. The molecule has 12 unspecified atom stereocenters. The molecular weight excluding hydrogens is 1060 g/mol. The maximum absolute atomic E-state index is 12.8. The van der Waals surface area contributed by atoms with Gasteiger partial charge in [-0.3, -0.25) is 0 Å². The number of fused-ring (bicyclic) bond motifs is 20. The molecule has 416 valence electrons. The molecule has 4 aliphatic heterocycles. The number of hydrogen-bond acceptors (Lipinski definition) is 8. The average Bonchev–Trinajstić information content (AvgIpc) is 3.96. The summed E-state index contributed by atoms with van der Waals surface area (Å²) in [5.74, 6) is -11.9. The van der Waals surface area contributed by atoms with E-state index in [0.717, 1.165) is 0 Å². The van der Waals surface area contributed by atoms with Crippen molar-refractivity contribution in [2.45, 2.75) is 172 Å². The summed E-state index contributed by atoms with van der Waals surface area (Å²) in [6.45, 7) is 0. The number of halogens is 24. The van der Waals surface area contributed by atoms with Gasteiger partial charge in [0.15, 0.2) is 0 Å². The molecule has 0 spiro atoms. The minimum absolute atomic E-state index is 0.00308. The number of aliphatic hydroxyl groups is 4. The second-order valence-electron chi connectivity index (χ2n) is 21.2. The number of aliphatic hydroxyl groups excluding tert-OH is 4. The van der Waals surface area contributed by atoms with Crippen molar-refractivity contribution in [3.05, 3.63) is 0 Å². The van der Waals surface area contributed by atoms with Gasteiger partial charge in [0.2, 0.25) is 0 Å². The molecule has 0 radical (unpaired) electrons. The van der Waals surface area contributed by atoms with E-state index < -0.39 is 180 Å². The molecule has 4 saturated heterocycles. The van der Waals surface area contributed by atoms with Gasteiger partial charge in [-0.25, -0.2) is 0 Å². The monoisotopic (exact) mass is 1100 g/mol. The summed E-state index contributed by atoms with van der Waals surface area (Å²) in [4.78, 5) is 0. The first kappa shape index (κ1) is 54.8. The van der Waals surface area contributed by atoms with Crippen molar-refractivity contribution in [1.82, 2.24) is 0 Å². The summed E-state index contributed by atoms with van der Waals surface area (Å²) in [7, 11) is 0. The average molecular weight is 1100 g/mol. The van der Waals surface area contributed by atoms with Crippen LogP contribution in [0.15, 0.2) is 0 Å². The molecule has 72 heavy (non-hydrogen) atoms. The van der Waals surface area contributed by atoms with Gasteiger partial charge < -0.3 is 39.4 Å². The molecule has 8 nitrogen and oxygen atoms in total. The Labute approximate surface area is 388 Å². The molecule has 12 aliphatic rings. The van der Waals surface area contributed by atoms with Crippen LogP contribution in [0.1, 0.15) is 51.4 Å². The molecule has 12 rings (SSSR count). The van der Waals surface area contributed by atoms with Gasteiger partial charge in [-0.2, -0.15) is 105 Å². The van der Waals surface area contributed by atoms with Crippen LogP contribution in [0.2, 0.25) is 0 Å². The molecule has 20 atom stereocenters. The van der Waals surface area contributed by atoms with Gasteiger partial charge in [-0.1, -0.05) is 0 Å². The molecule has 12 fully saturated rings. The fraction of sp³-hybridized carbons (Fsp3) is 1.00. The number of alkyl halides is 24. The summed E-state index contributed by atoms with van der Waals surface area (Å²) < 4.78 is 325. The maximum Gasteiger partial charge on any atom is 0.426 e. The highest BCUT2D eigenvalue weighted by Gasteiger charge is 2.90. The molecule has 0 amide bonds. The summed E-state index contributed by atoms with van der Waals surface area (Å²) in [5.41, 5.74) is -16.2. The highest BCUT2D eigenvalue weighted by atomic mass is 19.4. The van der Waals surface area contributed by atoms with Gasteiger partial charge in [0.05, 0.1) is 48.8 Å². The molecule has 8 saturated carbocycles. The second kappa shape index (κ2) is 15.8. The zero-order valence-electron chi connectivity index (χ0n) is 35.7. The third kappa shape index (κ3) is 6.92. The van der Waals surface area contributed by atoms with Crippen LogP contribution in [0.4, 0.5) is 105 Å². The van der Waals surface area contributed by atoms with Gasteiger partial charge >= 0.3 is 49.4 Å². The molecule has 0 aromatic carbocycles. The van der Waals surface area contributed by atoms with E-state index in [1.54, 1.807) is 0 Å². The van der Waals surface area contributed by atoms with E-state index in [1.807, 2.05) is 0 Å². The maximum atomic E-state index is 12.8. The highest BCUT2D eigenvalue weighted by molar-refractivity contribution is 5.24. The zero-order chi connectivity index (χ0) is 54.0. The number of hydrogen-bond donors (Lipinski definition) is 4. The fourth-order valence-electron chi connectivity index (χ4n) is 15.5. The Morgan fingerprint density at radius 3 is 0.681 bits per heavy atom. The molecule has 4 N–H and O–H groups in total. The van der Waals surface area contributed by atoms with E-state index in [2.05, 4.69) is 18.9 Å². The van der Waals surface area contributed by atoms with Crippen molar-refractivity contribution in [3.8, 4) is 0 Å². The van der Waals surface area contributed by atoms with Crippen LogP contribution in [0.3, 0.4) is 0 Å². The summed E-state index contributed by atoms with van der Waals surface area (Å²) >= 11 is 0. The summed E-state index contributed by atoms with van der Waals surface area (Å²) in [6.07, 6.45) is -50.8. The Bertz CT molecular complexity index is 1870. The predicted octanol–water partition coefficient (Wildman–Crippen LogP) is 9.06. The second-order valence-corrected chi connectivity index (χ2v) is 21.2. The van der Waals surface area contributed by atoms with E-state index in [4.69, 9.17) is 0 Å². The van der Waals surface area contributed by atoms with Crippen molar-refractivity contribution in [3.63, 3.8) is 0 Å². The molecule has 0 aromatic heterocycles. The fourth-order valence-corrected chi connectivity index (χ4v) is 15.5. The molecule has 8 bridgehead atoms. The van der Waals surface area contributed by atoms with Crippen molar-refractivity contribution < 1.29 is 145 Å². The van der Waals surface area contributed by atoms with E-state index in [1.165, 1.54) is 0 Å². The van der Waals surface area contributed by atoms with Crippen LogP contribution in [-0.4, -0.2) is 141 Å². The van der Waals surface area contributed by atoms with Gasteiger partial charge in [-0.15, -0.1) is 0 Å². The lowest BCUT2D eigenvalue weighted by Crippen LogP contribution is -2.76. The zero-order valence-corrected chi connectivity index (χ0v) is 35.7. The Morgan fingerprint density at radius 1 is 0.250 bits per heavy atom. The minimum atomic E-state index is -5.50. The Kier molecular flexibility index (Phi) is 12.0. The standard InChI is InChI=1S/4C10H10F6O2/c2*11-9(12,13)8(10(14,15)16)6-4-1-3(2-5(4)17)7(6)18-8;2*11-9(12,13)8(10(14,15)16)6-3-1-4(5(17)2-3)7(6)18-8/h4*3-7,17H,1-2H2/t4*3-,4+,5?,6?,7?/m1010/s1. The third-order valence-electron chi connectivity index (χ3n) is 18.1. The van der Waals surface area contributed by atoms with Gasteiger partial charge in [0.1, 0.15) is 0 Å². The van der Waals surface area contributed by atoms with Crippen LogP contribution in [0.25, 0.3) is 0 Å². The lowest BCUT2D eigenvalue weighted by Gasteiger charge is -2.57. The molecule has 4 heterocycles. The largest absolute Gasteiger partial charge is 0.426 e.